The van der Waals surface area contributed by atoms with E-state index in [0.29, 0.717) is 5.03 Å². The number of amides is 2. The van der Waals surface area contributed by atoms with E-state index in [-0.39, 0.29) is 0 Å². The molecule has 6 N–H and O–H groups in total. The lowest BCUT2D eigenvalue weighted by Crippen LogP contribution is -2.21. The molecule has 0 spiro atoms. The summed E-state index contributed by atoms with van der Waals surface area (Å²) in [4.78, 5) is 11.1. The normalized spacial score (nSPS) is 14.3. The summed E-state index contributed by atoms with van der Waals surface area (Å²) in [6, 6.07) is 13.4. The molecule has 0 radical (unpaired) electrons. The summed E-state index contributed by atoms with van der Waals surface area (Å²) in [5.74, 6) is 0. The van der Waals surface area contributed by atoms with Gasteiger partial charge < -0.3 is 16.2 Å². The van der Waals surface area contributed by atoms with Gasteiger partial charge in [-0.05, 0) is 105 Å². The van der Waals surface area contributed by atoms with Crippen molar-refractivity contribution in [3.8, 4) is 5.69 Å². The maximum Gasteiger partial charge on any atom is 0.316 e. The number of nitrogens with one attached hydrogen (secondary N) is 1. The van der Waals surface area contributed by atoms with Crippen LogP contribution in [0.3, 0.4) is 0 Å². The van der Waals surface area contributed by atoms with Crippen molar-refractivity contribution < 1.29 is 9.90 Å². The topological polar surface area (TPSA) is 119 Å². The third-order valence-corrected chi connectivity index (χ3v) is 6.60. The molecule has 3 aromatic rings. The second-order valence-corrected chi connectivity index (χ2v) is 9.67. The Morgan fingerprint density at radius 2 is 1.67 bits per heavy atom. The first-order valence-electron chi connectivity index (χ1n) is 11.3. The zero-order valence-corrected chi connectivity index (χ0v) is 19.9. The molecule has 0 unspecified atom stereocenters. The van der Waals surface area contributed by atoms with E-state index in [2.05, 4.69) is 16.5 Å². The van der Waals surface area contributed by atoms with Crippen LogP contribution in [-0.4, -0.2) is 20.9 Å². The van der Waals surface area contributed by atoms with Crippen LogP contribution in [-0.2, 0) is 31.3 Å². The van der Waals surface area contributed by atoms with Gasteiger partial charge in [-0.25, -0.2) is 9.48 Å². The molecule has 2 aliphatic carbocycles. The molecule has 7 nitrogen and oxygen atoms in total. The molecule has 8 heteroatoms. The van der Waals surface area contributed by atoms with E-state index >= 15 is 0 Å². The third kappa shape index (κ3) is 5.08. The molecule has 2 aromatic carbocycles. The Morgan fingerprint density at radius 3 is 2.18 bits per heavy atom. The summed E-state index contributed by atoms with van der Waals surface area (Å²) in [6.45, 7) is 3.46. The summed E-state index contributed by atoms with van der Waals surface area (Å²) in [6.07, 6.45) is 6.86. The van der Waals surface area contributed by atoms with Crippen LogP contribution in [0.5, 0.6) is 0 Å². The van der Waals surface area contributed by atoms with Crippen LogP contribution < -0.4 is 16.2 Å². The van der Waals surface area contributed by atoms with E-state index in [1.165, 1.54) is 35.1 Å². The van der Waals surface area contributed by atoms with Gasteiger partial charge in [0.15, 0.2) is 0 Å². The number of nitrogens with zero attached hydrogens (tertiary/aromatic N) is 2. The average molecular weight is 466 g/mol. The van der Waals surface area contributed by atoms with Gasteiger partial charge in [0.1, 0.15) is 10.6 Å². The summed E-state index contributed by atoms with van der Waals surface area (Å²) in [5.41, 5.74) is 12.5. The van der Waals surface area contributed by atoms with Crippen molar-refractivity contribution in [3.63, 3.8) is 0 Å². The van der Waals surface area contributed by atoms with Crippen molar-refractivity contribution in [2.75, 3.05) is 5.32 Å². The SMILES string of the molecule is CC(C)(O)c1cc(SN)nn1-c1ccccc1.NC(=O)Nc1c2c(cc3c1CCC3)CCC2. The number of aryl methyl sites for hydroxylation is 2. The van der Waals surface area contributed by atoms with Crippen molar-refractivity contribution in [1.29, 1.82) is 0 Å². The fraction of sp³-hybridized carbons (Fsp3) is 0.360. The minimum Gasteiger partial charge on any atom is -0.384 e. The first-order valence-corrected chi connectivity index (χ1v) is 12.1. The number of rotatable bonds is 4. The number of para-hydroxylation sites is 1. The van der Waals surface area contributed by atoms with Crippen LogP contribution in [0.4, 0.5) is 10.5 Å². The Hall–Kier alpha value is -2.81. The molecule has 5 rings (SSSR count). The zero-order chi connectivity index (χ0) is 23.6. The predicted octanol–water partition coefficient (Wildman–Crippen LogP) is 4.22. The molecule has 0 aliphatic heterocycles. The summed E-state index contributed by atoms with van der Waals surface area (Å²) >= 11 is 1.07. The monoisotopic (exact) mass is 465 g/mol. The largest absolute Gasteiger partial charge is 0.384 e. The van der Waals surface area contributed by atoms with Gasteiger partial charge in [0.05, 0.1) is 11.4 Å². The Kier molecular flexibility index (Phi) is 6.78. The summed E-state index contributed by atoms with van der Waals surface area (Å²) < 4.78 is 1.72. The lowest BCUT2D eigenvalue weighted by molar-refractivity contribution is 0.0711. The first-order chi connectivity index (χ1) is 15.8. The van der Waals surface area contributed by atoms with Crippen LogP contribution >= 0.6 is 11.9 Å². The van der Waals surface area contributed by atoms with Gasteiger partial charge in [-0.1, -0.05) is 24.3 Å². The van der Waals surface area contributed by atoms with Crippen molar-refractivity contribution in [1.82, 2.24) is 9.78 Å². The van der Waals surface area contributed by atoms with Crippen molar-refractivity contribution >= 4 is 23.7 Å². The van der Waals surface area contributed by atoms with E-state index in [1.54, 1.807) is 24.6 Å². The van der Waals surface area contributed by atoms with Crippen molar-refractivity contribution in [2.45, 2.75) is 63.0 Å². The molecule has 0 atom stereocenters. The fourth-order valence-electron chi connectivity index (χ4n) is 4.71. The van der Waals surface area contributed by atoms with Crippen LogP contribution in [0.2, 0.25) is 0 Å². The van der Waals surface area contributed by atoms with Gasteiger partial charge in [0, 0.05) is 5.69 Å². The third-order valence-electron chi connectivity index (χ3n) is 6.16. The number of aromatic nitrogens is 2. The quantitative estimate of drug-likeness (QED) is 0.430. The number of benzene rings is 2. The number of anilines is 1. The lowest BCUT2D eigenvalue weighted by atomic mass is 9.99. The molecule has 1 heterocycles. The zero-order valence-electron chi connectivity index (χ0n) is 19.1. The molecule has 1 aromatic heterocycles. The molecule has 2 aliphatic rings. The van der Waals surface area contributed by atoms with E-state index in [4.69, 9.17) is 10.9 Å². The number of fused-ring (bicyclic) bond motifs is 2. The van der Waals surface area contributed by atoms with Gasteiger partial charge >= 0.3 is 6.03 Å². The number of hydrogen-bond acceptors (Lipinski definition) is 5. The van der Waals surface area contributed by atoms with Gasteiger partial charge in [0.25, 0.3) is 0 Å². The standard InChI is InChI=1S/C13H16N2O.C12H15N3OS/c14-13(16)15-12-10-5-1-3-8(10)7-9-4-2-6-11(9)12;1-12(2,16)10-8-11(17-13)14-15(10)9-6-4-3-5-7-9/h7H,1-6H2,(H3,14,15,16);3-8,16H,13H2,1-2H3. The number of nitrogens with two attached hydrogens (primary N) is 2. The number of carbonyl (C=O) groups is 1. The smallest absolute Gasteiger partial charge is 0.316 e. The van der Waals surface area contributed by atoms with E-state index in [0.717, 1.165) is 54.7 Å². The Bertz CT molecular complexity index is 1120. The molecule has 0 saturated carbocycles. The molecular weight excluding hydrogens is 434 g/mol. The number of aliphatic hydroxyl groups is 1. The number of primary amides is 1. The number of carbonyl (C=O) groups excluding carboxylic acids is 1. The molecule has 0 bridgehead atoms. The number of urea groups is 1. The van der Waals surface area contributed by atoms with E-state index in [9.17, 15) is 9.90 Å². The van der Waals surface area contributed by atoms with Crippen LogP contribution in [0, 0.1) is 0 Å². The highest BCUT2D eigenvalue weighted by Crippen LogP contribution is 2.38. The molecule has 0 saturated heterocycles. The second-order valence-electron chi connectivity index (χ2n) is 9.02. The maximum atomic E-state index is 11.1. The van der Waals surface area contributed by atoms with Crippen LogP contribution in [0.25, 0.3) is 5.69 Å². The first kappa shape index (κ1) is 23.4. The van der Waals surface area contributed by atoms with E-state index < -0.39 is 11.6 Å². The molecule has 33 heavy (non-hydrogen) atoms. The average Bonchev–Trinajstić information content (AvgIpc) is 3.53. The molecule has 174 valence electrons. The molecule has 0 fully saturated rings. The van der Waals surface area contributed by atoms with Gasteiger partial charge in [-0.3, -0.25) is 5.14 Å². The van der Waals surface area contributed by atoms with Gasteiger partial charge in [0.2, 0.25) is 0 Å². The molecular formula is C25H31N5O2S. The van der Waals surface area contributed by atoms with Crippen molar-refractivity contribution in [2.24, 2.45) is 10.9 Å². The summed E-state index contributed by atoms with van der Waals surface area (Å²) in [7, 11) is 0. The fourth-order valence-corrected chi connectivity index (χ4v) is 5.02. The second kappa shape index (κ2) is 9.59. The van der Waals surface area contributed by atoms with Gasteiger partial charge in [-0.2, -0.15) is 5.10 Å². The van der Waals surface area contributed by atoms with Crippen molar-refractivity contribution in [3.05, 3.63) is 70.4 Å². The number of hydrogen-bond donors (Lipinski definition) is 4. The highest BCUT2D eigenvalue weighted by Gasteiger charge is 2.25. The lowest BCUT2D eigenvalue weighted by Gasteiger charge is -2.18. The highest BCUT2D eigenvalue weighted by atomic mass is 32.2. The van der Waals surface area contributed by atoms with E-state index in [1.807, 2.05) is 30.3 Å². The predicted molar refractivity (Wildman–Crippen MR) is 133 cm³/mol. The van der Waals surface area contributed by atoms with Gasteiger partial charge in [-0.15, -0.1) is 0 Å². The van der Waals surface area contributed by atoms with Crippen LogP contribution in [0.1, 0.15) is 54.6 Å². The minimum atomic E-state index is -0.961. The molecule has 2 amide bonds. The van der Waals surface area contributed by atoms with Crippen LogP contribution in [0.15, 0.2) is 47.5 Å². The maximum absolute atomic E-state index is 11.1. The summed E-state index contributed by atoms with van der Waals surface area (Å²) in [5, 5.41) is 23.5. The Balaban J connectivity index is 0.000000157. The minimum absolute atomic E-state index is 0.436. The Morgan fingerprint density at radius 1 is 1.06 bits per heavy atom. The highest BCUT2D eigenvalue weighted by molar-refractivity contribution is 7.97. The Labute approximate surface area is 198 Å².